The molecule has 3 aromatic rings. The Morgan fingerprint density at radius 3 is 2.57 bits per heavy atom. The summed E-state index contributed by atoms with van der Waals surface area (Å²) in [6.45, 7) is 1.57. The van der Waals surface area contributed by atoms with Crippen LogP contribution in [-0.4, -0.2) is 42.6 Å². The lowest BCUT2D eigenvalue weighted by Crippen LogP contribution is -2.48. The summed E-state index contributed by atoms with van der Waals surface area (Å²) in [5.74, 6) is 0.871. The van der Waals surface area contributed by atoms with E-state index in [9.17, 15) is 8.42 Å². The molecule has 1 saturated heterocycles. The first-order valence-electron chi connectivity index (χ1n) is 9.51. The van der Waals surface area contributed by atoms with E-state index in [0.29, 0.717) is 36.9 Å². The molecule has 0 amide bonds. The average Bonchev–Trinajstić information content (AvgIpc) is 3.19. The first kappa shape index (κ1) is 20.2. The van der Waals surface area contributed by atoms with Crippen LogP contribution in [0.25, 0.3) is 0 Å². The van der Waals surface area contributed by atoms with Gasteiger partial charge in [-0.15, -0.1) is 0 Å². The maximum absolute atomic E-state index is 12.6. The van der Waals surface area contributed by atoms with Crippen LogP contribution in [0.15, 0.2) is 64.0 Å². The van der Waals surface area contributed by atoms with E-state index in [0.717, 1.165) is 5.56 Å². The highest BCUT2D eigenvalue weighted by Gasteiger charge is 2.40. The van der Waals surface area contributed by atoms with Gasteiger partial charge in [-0.2, -0.15) is 14.6 Å². The van der Waals surface area contributed by atoms with Crippen molar-refractivity contribution in [3.8, 4) is 6.07 Å². The Morgan fingerprint density at radius 2 is 1.87 bits per heavy atom. The number of nitrogens with zero attached hydrogens (tertiary/aromatic N) is 4. The summed E-state index contributed by atoms with van der Waals surface area (Å²) in [5.41, 5.74) is 1.52. The van der Waals surface area contributed by atoms with Gasteiger partial charge in [0, 0.05) is 19.5 Å². The van der Waals surface area contributed by atoms with Gasteiger partial charge in [0.2, 0.25) is 15.9 Å². The summed E-state index contributed by atoms with van der Waals surface area (Å²) >= 11 is 0. The topological polar surface area (TPSA) is 109 Å². The Kier molecular flexibility index (Phi) is 5.90. The molecule has 1 aliphatic rings. The van der Waals surface area contributed by atoms with Gasteiger partial charge in [-0.1, -0.05) is 35.5 Å². The standard InChI is InChI=1S/C21H20N4O4S/c22-12-16-6-8-19(9-7-16)30(26,27)25-13-18(14-25)21-23-20(24-29-21)10-11-28-15-17-4-2-1-3-5-17/h1-9,18H,10-11,13-15H2. The minimum atomic E-state index is -3.59. The third kappa shape index (κ3) is 4.41. The number of aromatic nitrogens is 2. The second kappa shape index (κ2) is 8.75. The molecule has 0 unspecified atom stereocenters. The van der Waals surface area contributed by atoms with Gasteiger partial charge in [0.25, 0.3) is 0 Å². The number of hydrogen-bond donors (Lipinski definition) is 0. The predicted molar refractivity (Wildman–Crippen MR) is 107 cm³/mol. The zero-order valence-corrected chi connectivity index (χ0v) is 17.0. The first-order valence-corrected chi connectivity index (χ1v) is 10.9. The van der Waals surface area contributed by atoms with Crippen LogP contribution in [0.5, 0.6) is 0 Å². The van der Waals surface area contributed by atoms with Gasteiger partial charge in [-0.25, -0.2) is 8.42 Å². The van der Waals surface area contributed by atoms with Crippen molar-refractivity contribution < 1.29 is 17.7 Å². The molecule has 154 valence electrons. The molecule has 0 atom stereocenters. The van der Waals surface area contributed by atoms with Crippen molar-refractivity contribution >= 4 is 10.0 Å². The van der Waals surface area contributed by atoms with E-state index in [2.05, 4.69) is 10.1 Å². The van der Waals surface area contributed by atoms with Crippen molar-refractivity contribution in [3.05, 3.63) is 77.4 Å². The van der Waals surface area contributed by atoms with Crippen LogP contribution in [0, 0.1) is 11.3 Å². The number of rotatable bonds is 8. The van der Waals surface area contributed by atoms with Gasteiger partial charge >= 0.3 is 0 Å². The van der Waals surface area contributed by atoms with Crippen LogP contribution in [0.2, 0.25) is 0 Å². The Balaban J connectivity index is 1.27. The highest BCUT2D eigenvalue weighted by Crippen LogP contribution is 2.31. The number of ether oxygens (including phenoxy) is 1. The van der Waals surface area contributed by atoms with Crippen molar-refractivity contribution in [1.82, 2.24) is 14.4 Å². The zero-order valence-electron chi connectivity index (χ0n) is 16.1. The Bertz CT molecular complexity index is 1130. The van der Waals surface area contributed by atoms with E-state index >= 15 is 0 Å². The van der Waals surface area contributed by atoms with E-state index < -0.39 is 10.0 Å². The van der Waals surface area contributed by atoms with Gasteiger partial charge in [0.15, 0.2) is 5.82 Å². The SMILES string of the molecule is N#Cc1ccc(S(=O)(=O)N2CC(c3nc(CCOCc4ccccc4)no3)C2)cc1. The van der Waals surface area contributed by atoms with Crippen LogP contribution >= 0.6 is 0 Å². The number of benzene rings is 2. The Morgan fingerprint density at radius 1 is 1.13 bits per heavy atom. The molecular weight excluding hydrogens is 404 g/mol. The quantitative estimate of drug-likeness (QED) is 0.511. The predicted octanol–water partition coefficient (Wildman–Crippen LogP) is 2.49. The molecule has 2 heterocycles. The van der Waals surface area contributed by atoms with Crippen molar-refractivity contribution in [2.45, 2.75) is 23.8 Å². The van der Waals surface area contributed by atoms with Crippen molar-refractivity contribution in [2.24, 2.45) is 0 Å². The first-order chi connectivity index (χ1) is 14.6. The van der Waals surface area contributed by atoms with Crippen LogP contribution in [0.1, 0.15) is 28.8 Å². The second-order valence-electron chi connectivity index (χ2n) is 6.99. The molecule has 4 rings (SSSR count). The van der Waals surface area contributed by atoms with Gasteiger partial charge < -0.3 is 9.26 Å². The van der Waals surface area contributed by atoms with Crippen LogP contribution in [0.4, 0.5) is 0 Å². The highest BCUT2D eigenvalue weighted by atomic mass is 32.2. The molecule has 0 aliphatic carbocycles. The van der Waals surface area contributed by atoms with Gasteiger partial charge in [0.05, 0.1) is 35.7 Å². The fraction of sp³-hybridized carbons (Fsp3) is 0.286. The smallest absolute Gasteiger partial charge is 0.243 e. The van der Waals surface area contributed by atoms with Crippen LogP contribution < -0.4 is 0 Å². The molecule has 0 bridgehead atoms. The molecule has 0 radical (unpaired) electrons. The fourth-order valence-electron chi connectivity index (χ4n) is 3.10. The average molecular weight is 424 g/mol. The number of nitriles is 1. The lowest BCUT2D eigenvalue weighted by Gasteiger charge is -2.35. The van der Waals surface area contributed by atoms with Gasteiger partial charge in [-0.05, 0) is 29.8 Å². The number of hydrogen-bond acceptors (Lipinski definition) is 7. The molecule has 0 N–H and O–H groups in total. The van der Waals surface area contributed by atoms with Crippen molar-refractivity contribution in [3.63, 3.8) is 0 Å². The molecule has 0 saturated carbocycles. The molecule has 1 fully saturated rings. The van der Waals surface area contributed by atoms with Gasteiger partial charge in [-0.3, -0.25) is 0 Å². The van der Waals surface area contributed by atoms with Crippen LogP contribution in [0.3, 0.4) is 0 Å². The summed E-state index contributed by atoms with van der Waals surface area (Å²) in [7, 11) is -3.59. The van der Waals surface area contributed by atoms with Gasteiger partial charge in [0.1, 0.15) is 0 Å². The van der Waals surface area contributed by atoms with Crippen LogP contribution in [-0.2, 0) is 27.8 Å². The number of sulfonamides is 1. The summed E-state index contributed by atoms with van der Waals surface area (Å²) in [6, 6.07) is 17.7. The molecule has 8 nitrogen and oxygen atoms in total. The Hall–Kier alpha value is -3.06. The molecular formula is C21H20N4O4S. The van der Waals surface area contributed by atoms with Crippen molar-refractivity contribution in [1.29, 1.82) is 5.26 Å². The maximum Gasteiger partial charge on any atom is 0.243 e. The minimum Gasteiger partial charge on any atom is -0.376 e. The lowest BCUT2D eigenvalue weighted by molar-refractivity contribution is 0.122. The normalized spacial score (nSPS) is 14.9. The third-order valence-corrected chi connectivity index (χ3v) is 6.73. The summed E-state index contributed by atoms with van der Waals surface area (Å²) in [6.07, 6.45) is 0.524. The molecule has 1 aromatic heterocycles. The van der Waals surface area contributed by atoms with E-state index in [-0.39, 0.29) is 23.9 Å². The largest absolute Gasteiger partial charge is 0.376 e. The third-order valence-electron chi connectivity index (χ3n) is 4.88. The van der Waals surface area contributed by atoms with Crippen molar-refractivity contribution in [2.75, 3.05) is 19.7 Å². The monoisotopic (exact) mass is 424 g/mol. The Labute approximate surface area is 174 Å². The maximum atomic E-state index is 12.6. The summed E-state index contributed by atoms with van der Waals surface area (Å²) in [5, 5.41) is 12.8. The fourth-order valence-corrected chi connectivity index (χ4v) is 4.63. The molecule has 9 heteroatoms. The summed E-state index contributed by atoms with van der Waals surface area (Å²) < 4.78 is 37.6. The summed E-state index contributed by atoms with van der Waals surface area (Å²) in [4.78, 5) is 4.54. The molecule has 2 aromatic carbocycles. The lowest BCUT2D eigenvalue weighted by atomic mass is 10.0. The molecule has 1 aliphatic heterocycles. The van der Waals surface area contributed by atoms with E-state index in [1.165, 1.54) is 28.6 Å². The van der Waals surface area contributed by atoms with E-state index in [1.807, 2.05) is 36.4 Å². The molecule has 30 heavy (non-hydrogen) atoms. The minimum absolute atomic E-state index is 0.121. The second-order valence-corrected chi connectivity index (χ2v) is 8.93. The zero-order chi connectivity index (χ0) is 21.0. The van der Waals surface area contributed by atoms with E-state index in [4.69, 9.17) is 14.5 Å². The van der Waals surface area contributed by atoms with E-state index in [1.54, 1.807) is 0 Å². The highest BCUT2D eigenvalue weighted by molar-refractivity contribution is 7.89. The molecule has 0 spiro atoms.